The van der Waals surface area contributed by atoms with Crippen LogP contribution in [-0.4, -0.2) is 36.2 Å². The third-order valence-corrected chi connectivity index (χ3v) is 12.3. The van der Waals surface area contributed by atoms with Gasteiger partial charge < -0.3 is 18.8 Å². The van der Waals surface area contributed by atoms with E-state index in [1.165, 1.54) is 32.0 Å². The molecule has 0 aliphatic rings. The van der Waals surface area contributed by atoms with E-state index < -0.39 is 29.8 Å². The van der Waals surface area contributed by atoms with E-state index in [9.17, 15) is 27.3 Å². The number of rotatable bonds is 8. The molecule has 8 nitrogen and oxygen atoms in total. The maximum Gasteiger partial charge on any atom is 0.361 e. The predicted octanol–water partition coefficient (Wildman–Crippen LogP) is 3.34. The first-order valence-corrected chi connectivity index (χ1v) is 12.6. The highest BCUT2D eigenvalue weighted by Crippen LogP contribution is 2.68. The Hall–Kier alpha value is -1.05. The summed E-state index contributed by atoms with van der Waals surface area (Å²) < 4.78 is 58.1. The third-order valence-electron chi connectivity index (χ3n) is 3.50. The zero-order valence-electron chi connectivity index (χ0n) is 14.2. The summed E-state index contributed by atoms with van der Waals surface area (Å²) in [5.74, 6) is 0. The summed E-state index contributed by atoms with van der Waals surface area (Å²) in [6.07, 6.45) is 0. The number of hydrogen-bond acceptors (Lipinski definition) is 6. The predicted molar refractivity (Wildman–Crippen MR) is 97.8 cm³/mol. The Labute approximate surface area is 151 Å². The molecule has 0 aromatic heterocycles. The van der Waals surface area contributed by atoms with Crippen molar-refractivity contribution in [2.45, 2.75) is 23.5 Å². The highest BCUT2D eigenvalue weighted by molar-refractivity contribution is 8.06. The van der Waals surface area contributed by atoms with Crippen LogP contribution in [0, 0.1) is 0 Å². The van der Waals surface area contributed by atoms with Crippen LogP contribution >= 0.6 is 15.2 Å². The summed E-state index contributed by atoms with van der Waals surface area (Å²) >= 11 is 0. The van der Waals surface area contributed by atoms with Crippen LogP contribution in [0.25, 0.3) is 10.8 Å². The van der Waals surface area contributed by atoms with Gasteiger partial charge in [0.2, 0.25) is 9.84 Å². The van der Waals surface area contributed by atoms with Crippen molar-refractivity contribution in [1.82, 2.24) is 0 Å². The van der Waals surface area contributed by atoms with Gasteiger partial charge in [-0.05, 0) is 36.8 Å². The van der Waals surface area contributed by atoms with Gasteiger partial charge in [0.05, 0.1) is 18.1 Å². The fraction of sp³-hybridized carbons (Fsp3) is 0.333. The second-order valence-electron chi connectivity index (χ2n) is 5.34. The maximum absolute atomic E-state index is 13.0. The first-order chi connectivity index (χ1) is 12.1. The molecule has 0 aliphatic heterocycles. The van der Waals surface area contributed by atoms with Crippen molar-refractivity contribution in [1.29, 1.82) is 0 Å². The minimum atomic E-state index is -5.41. The van der Waals surface area contributed by atoms with Crippen LogP contribution in [0.5, 0.6) is 0 Å². The Morgan fingerprint density at radius 3 is 2.00 bits per heavy atom. The fourth-order valence-electron chi connectivity index (χ4n) is 2.53. The molecule has 2 N–H and O–H groups in total. The van der Waals surface area contributed by atoms with Crippen molar-refractivity contribution >= 4 is 35.8 Å². The number of hydrogen-bond donors (Lipinski definition) is 2. The lowest BCUT2D eigenvalue weighted by molar-refractivity contribution is 0.219. The smallest absolute Gasteiger partial charge is 0.323 e. The van der Waals surface area contributed by atoms with Crippen molar-refractivity contribution in [3.63, 3.8) is 0 Å². The van der Waals surface area contributed by atoms with Gasteiger partial charge in [0.25, 0.3) is 4.73 Å². The molecule has 11 heteroatoms. The van der Waals surface area contributed by atoms with Gasteiger partial charge in [0.15, 0.2) is 0 Å². The molecule has 0 bridgehead atoms. The molecule has 26 heavy (non-hydrogen) atoms. The molecule has 1 unspecified atom stereocenters. The van der Waals surface area contributed by atoms with Crippen LogP contribution in [0.15, 0.2) is 47.4 Å². The largest absolute Gasteiger partial charge is 0.361 e. The SMILES string of the molecule is CCOP(=O)(OCC)C(P(=O)(O)O)S(=O)(=O)c1ccc2ccccc2c1. The van der Waals surface area contributed by atoms with Crippen molar-refractivity contribution in [3.05, 3.63) is 42.5 Å². The van der Waals surface area contributed by atoms with Crippen LogP contribution in [0.2, 0.25) is 0 Å². The van der Waals surface area contributed by atoms with E-state index in [0.717, 1.165) is 5.39 Å². The minimum Gasteiger partial charge on any atom is -0.323 e. The molecular formula is C15H20O8P2S. The van der Waals surface area contributed by atoms with E-state index >= 15 is 0 Å². The van der Waals surface area contributed by atoms with Crippen LogP contribution in [0.4, 0.5) is 0 Å². The van der Waals surface area contributed by atoms with Gasteiger partial charge >= 0.3 is 15.2 Å². The maximum atomic E-state index is 13.0. The second kappa shape index (κ2) is 7.90. The Bertz CT molecular complexity index is 972. The molecule has 0 heterocycles. The number of sulfone groups is 1. The summed E-state index contributed by atoms with van der Waals surface area (Å²) in [7, 11) is -14.8. The molecule has 0 amide bonds. The van der Waals surface area contributed by atoms with Crippen LogP contribution in [-0.2, 0) is 28.0 Å². The zero-order chi connectivity index (χ0) is 19.6. The highest BCUT2D eigenvalue weighted by atomic mass is 32.2. The lowest BCUT2D eigenvalue weighted by Gasteiger charge is -2.26. The number of fused-ring (bicyclic) bond motifs is 1. The van der Waals surface area contributed by atoms with Crippen molar-refractivity contribution in [2.24, 2.45) is 0 Å². The zero-order valence-corrected chi connectivity index (χ0v) is 16.8. The van der Waals surface area contributed by atoms with Gasteiger partial charge in [0.1, 0.15) is 0 Å². The Morgan fingerprint density at radius 2 is 1.50 bits per heavy atom. The van der Waals surface area contributed by atoms with Crippen molar-refractivity contribution in [2.75, 3.05) is 13.2 Å². The lowest BCUT2D eigenvalue weighted by Crippen LogP contribution is -2.24. The quantitative estimate of drug-likeness (QED) is 0.620. The van der Waals surface area contributed by atoms with E-state index in [1.54, 1.807) is 24.3 Å². The molecule has 0 fully saturated rings. The summed E-state index contributed by atoms with van der Waals surface area (Å²) in [6, 6.07) is 10.9. The Morgan fingerprint density at radius 1 is 0.962 bits per heavy atom. The summed E-state index contributed by atoms with van der Waals surface area (Å²) in [6.45, 7) is 2.37. The third kappa shape index (κ3) is 4.26. The summed E-state index contributed by atoms with van der Waals surface area (Å²) in [5, 5.41) is 1.30. The summed E-state index contributed by atoms with van der Waals surface area (Å²) in [5.41, 5.74) is 0. The van der Waals surface area contributed by atoms with E-state index in [0.29, 0.717) is 5.39 Å². The van der Waals surface area contributed by atoms with E-state index in [2.05, 4.69) is 0 Å². The minimum absolute atomic E-state index is 0.235. The first kappa shape index (κ1) is 21.3. The van der Waals surface area contributed by atoms with E-state index in [4.69, 9.17) is 9.05 Å². The average Bonchev–Trinajstić information content (AvgIpc) is 2.53. The second-order valence-corrected chi connectivity index (χ2v) is 12.3. The molecule has 1 atom stereocenters. The van der Waals surface area contributed by atoms with Gasteiger partial charge in [0, 0.05) is 0 Å². The normalized spacial score (nSPS) is 14.5. The molecule has 0 aliphatic carbocycles. The van der Waals surface area contributed by atoms with Crippen molar-refractivity contribution < 1.29 is 36.4 Å². The first-order valence-electron chi connectivity index (χ1n) is 7.73. The van der Waals surface area contributed by atoms with Gasteiger partial charge in [-0.2, -0.15) is 0 Å². The van der Waals surface area contributed by atoms with Crippen LogP contribution < -0.4 is 0 Å². The van der Waals surface area contributed by atoms with Gasteiger partial charge in [-0.25, -0.2) is 8.42 Å². The van der Waals surface area contributed by atoms with Crippen LogP contribution in [0.3, 0.4) is 0 Å². The molecule has 0 saturated heterocycles. The topological polar surface area (TPSA) is 127 Å². The average molecular weight is 422 g/mol. The standard InChI is InChI=1S/C15H20O8P2S/c1-3-22-25(19,23-4-2)15(24(16,17)18)26(20,21)14-10-9-12-7-5-6-8-13(12)11-14/h5-11,15H,3-4H2,1-2H3,(H2,16,17,18). The monoisotopic (exact) mass is 422 g/mol. The molecule has 2 rings (SSSR count). The molecule has 0 radical (unpaired) electrons. The summed E-state index contributed by atoms with van der Waals surface area (Å²) in [4.78, 5) is 19.0. The van der Waals surface area contributed by atoms with Crippen LogP contribution in [0.1, 0.15) is 13.8 Å². The van der Waals surface area contributed by atoms with E-state index in [1.807, 2.05) is 0 Å². The molecule has 144 valence electrons. The van der Waals surface area contributed by atoms with E-state index in [-0.39, 0.29) is 18.1 Å². The van der Waals surface area contributed by atoms with Crippen molar-refractivity contribution in [3.8, 4) is 0 Å². The molecule has 0 spiro atoms. The highest BCUT2D eigenvalue weighted by Gasteiger charge is 2.56. The number of benzene rings is 2. The molecule has 2 aromatic carbocycles. The fourth-order valence-corrected chi connectivity index (χ4v) is 10.1. The molecule has 0 saturated carbocycles. The van der Waals surface area contributed by atoms with Gasteiger partial charge in [-0.15, -0.1) is 0 Å². The molecular weight excluding hydrogens is 402 g/mol. The van der Waals surface area contributed by atoms with Gasteiger partial charge in [-0.3, -0.25) is 9.13 Å². The lowest BCUT2D eigenvalue weighted by atomic mass is 10.1. The Balaban J connectivity index is 2.69. The Kier molecular flexibility index (Phi) is 6.46. The van der Waals surface area contributed by atoms with Gasteiger partial charge in [-0.1, -0.05) is 30.3 Å². The molecule has 2 aromatic rings.